The molecular formula is C7H16NO2PS2. The molecule has 0 fully saturated rings. The molecule has 0 saturated heterocycles. The first-order valence-corrected chi connectivity index (χ1v) is 8.14. The molecule has 0 aromatic rings. The zero-order valence-electron chi connectivity index (χ0n) is 8.36. The van der Waals surface area contributed by atoms with E-state index < -0.39 is 5.62 Å². The van der Waals surface area contributed by atoms with Crippen LogP contribution in [0.2, 0.25) is 0 Å². The molecule has 0 radical (unpaired) electrons. The number of hydrogen-bond acceptors (Lipinski definition) is 4. The fourth-order valence-corrected chi connectivity index (χ4v) is 7.44. The van der Waals surface area contributed by atoms with Gasteiger partial charge in [-0.25, -0.2) is 0 Å². The normalized spacial score (nSPS) is 16.3. The van der Waals surface area contributed by atoms with Crippen molar-refractivity contribution in [2.75, 3.05) is 6.61 Å². The molecule has 0 saturated carbocycles. The van der Waals surface area contributed by atoms with Crippen LogP contribution in [-0.2, 0) is 21.1 Å². The average molecular weight is 241 g/mol. The maximum Gasteiger partial charge on any atom is 0.213 e. The Morgan fingerprint density at radius 2 is 2.15 bits per heavy atom. The fourth-order valence-electron chi connectivity index (χ4n) is 0.685. The number of hydrogen-bond donors (Lipinski definition) is 1. The van der Waals surface area contributed by atoms with Gasteiger partial charge in [0, 0.05) is 4.75 Å². The molecule has 6 heteroatoms. The van der Waals surface area contributed by atoms with E-state index in [4.69, 9.17) is 16.3 Å². The summed E-state index contributed by atoms with van der Waals surface area (Å²) in [7, 11) is 0. The molecule has 0 bridgehead atoms. The second-order valence-electron chi connectivity index (χ2n) is 3.37. The largest absolute Gasteiger partial charge is 0.327 e. The lowest BCUT2D eigenvalue weighted by molar-refractivity contribution is -0.108. The Labute approximate surface area is 88.9 Å². The van der Waals surface area contributed by atoms with Gasteiger partial charge in [0.05, 0.1) is 6.61 Å². The Balaban J connectivity index is 4.41. The molecule has 1 amide bonds. The smallest absolute Gasteiger partial charge is 0.213 e. The van der Waals surface area contributed by atoms with Crippen molar-refractivity contribution < 1.29 is 9.32 Å². The minimum atomic E-state index is -2.21. The van der Waals surface area contributed by atoms with Gasteiger partial charge in [0.1, 0.15) is 0 Å². The van der Waals surface area contributed by atoms with Crippen molar-refractivity contribution in [2.45, 2.75) is 32.4 Å². The van der Waals surface area contributed by atoms with Crippen molar-refractivity contribution in [2.24, 2.45) is 0 Å². The number of amides is 1. The zero-order valence-corrected chi connectivity index (χ0v) is 10.9. The Bertz CT molecular complexity index is 215. The van der Waals surface area contributed by atoms with Gasteiger partial charge in [0.15, 0.2) is 0 Å². The third kappa shape index (κ3) is 6.49. The minimum absolute atomic E-state index is 0.000702. The first-order chi connectivity index (χ1) is 5.83. The molecule has 78 valence electrons. The van der Waals surface area contributed by atoms with Crippen LogP contribution >= 0.6 is 17.0 Å². The molecule has 0 aliphatic rings. The number of carbonyl (C=O) groups excluding carboxylic acids is 1. The molecule has 0 aromatic heterocycles. The SMILES string of the molecule is CCOP(=S)(NC=O)SC(C)(C)C. The topological polar surface area (TPSA) is 38.3 Å². The van der Waals surface area contributed by atoms with Crippen LogP contribution in [0.3, 0.4) is 0 Å². The third-order valence-electron chi connectivity index (χ3n) is 0.904. The highest BCUT2D eigenvalue weighted by molar-refractivity contribution is 8.69. The van der Waals surface area contributed by atoms with Gasteiger partial charge in [-0.3, -0.25) is 4.79 Å². The summed E-state index contributed by atoms with van der Waals surface area (Å²) in [6.07, 6.45) is 0.620. The predicted octanol–water partition coefficient (Wildman–Crippen LogP) is 2.53. The lowest BCUT2D eigenvalue weighted by atomic mass is 10.3. The monoisotopic (exact) mass is 241 g/mol. The highest BCUT2D eigenvalue weighted by Gasteiger charge is 2.25. The van der Waals surface area contributed by atoms with Crippen LogP contribution in [0.5, 0.6) is 0 Å². The van der Waals surface area contributed by atoms with Gasteiger partial charge in [-0.2, -0.15) is 0 Å². The van der Waals surface area contributed by atoms with Gasteiger partial charge >= 0.3 is 0 Å². The van der Waals surface area contributed by atoms with E-state index in [1.165, 1.54) is 11.4 Å². The van der Waals surface area contributed by atoms with Gasteiger partial charge in [-0.05, 0) is 18.7 Å². The van der Waals surface area contributed by atoms with Crippen LogP contribution in [0.15, 0.2) is 0 Å². The highest BCUT2D eigenvalue weighted by Crippen LogP contribution is 2.60. The highest BCUT2D eigenvalue weighted by atomic mass is 32.9. The van der Waals surface area contributed by atoms with Crippen LogP contribution in [0.1, 0.15) is 27.7 Å². The van der Waals surface area contributed by atoms with E-state index in [1.807, 2.05) is 27.7 Å². The lowest BCUT2D eigenvalue weighted by Crippen LogP contribution is -2.14. The summed E-state index contributed by atoms with van der Waals surface area (Å²) < 4.78 is 5.39. The Morgan fingerprint density at radius 1 is 1.62 bits per heavy atom. The molecule has 1 unspecified atom stereocenters. The number of rotatable bonds is 5. The standard InChI is InChI=1S/C7H16NO2PS2/c1-5-10-11(12,8-6-9)13-7(2,3)4/h6H,5H2,1-4H3,(H,8,9,12). The first kappa shape index (κ1) is 13.4. The molecule has 3 nitrogen and oxygen atoms in total. The average Bonchev–Trinajstić information content (AvgIpc) is 1.82. The van der Waals surface area contributed by atoms with Crippen molar-refractivity contribution >= 4 is 35.2 Å². The molecule has 0 aliphatic carbocycles. The quantitative estimate of drug-likeness (QED) is 0.593. The Morgan fingerprint density at radius 3 is 2.46 bits per heavy atom. The predicted molar refractivity (Wildman–Crippen MR) is 62.5 cm³/mol. The first-order valence-electron chi connectivity index (χ1n) is 4.00. The third-order valence-corrected chi connectivity index (χ3v) is 7.01. The zero-order chi connectivity index (χ0) is 10.5. The molecule has 0 spiro atoms. The van der Waals surface area contributed by atoms with Gasteiger partial charge in [-0.1, -0.05) is 32.2 Å². The molecule has 13 heavy (non-hydrogen) atoms. The summed E-state index contributed by atoms with van der Waals surface area (Å²) in [4.78, 5) is 10.3. The van der Waals surface area contributed by atoms with Crippen LogP contribution in [0, 0.1) is 0 Å². The minimum Gasteiger partial charge on any atom is -0.327 e. The van der Waals surface area contributed by atoms with Crippen molar-refractivity contribution in [3.8, 4) is 0 Å². The maximum atomic E-state index is 10.3. The van der Waals surface area contributed by atoms with Crippen LogP contribution in [-0.4, -0.2) is 17.8 Å². The summed E-state index contributed by atoms with van der Waals surface area (Å²) in [6, 6.07) is 0. The summed E-state index contributed by atoms with van der Waals surface area (Å²) in [5, 5.41) is 2.60. The van der Waals surface area contributed by atoms with Gasteiger partial charge in [0.2, 0.25) is 12.0 Å². The van der Waals surface area contributed by atoms with E-state index in [2.05, 4.69) is 5.09 Å². The fraction of sp³-hybridized carbons (Fsp3) is 0.857. The van der Waals surface area contributed by atoms with Crippen molar-refractivity contribution in [3.05, 3.63) is 0 Å². The molecule has 0 aliphatic heterocycles. The summed E-state index contributed by atoms with van der Waals surface area (Å²) in [6.45, 7) is 8.54. The van der Waals surface area contributed by atoms with E-state index in [-0.39, 0.29) is 4.75 Å². The van der Waals surface area contributed by atoms with Gasteiger partial charge < -0.3 is 9.61 Å². The molecule has 0 aromatic carbocycles. The van der Waals surface area contributed by atoms with Crippen LogP contribution < -0.4 is 5.09 Å². The number of nitrogens with one attached hydrogen (secondary N) is 1. The molecule has 0 heterocycles. The van der Waals surface area contributed by atoms with E-state index in [0.29, 0.717) is 13.0 Å². The molecule has 1 N–H and O–H groups in total. The van der Waals surface area contributed by atoms with Crippen LogP contribution in [0.25, 0.3) is 0 Å². The van der Waals surface area contributed by atoms with E-state index in [1.54, 1.807) is 0 Å². The Hall–Kier alpha value is 0.430. The second-order valence-corrected chi connectivity index (χ2v) is 10.6. The van der Waals surface area contributed by atoms with Crippen LogP contribution in [0.4, 0.5) is 0 Å². The summed E-state index contributed by atoms with van der Waals surface area (Å²) in [5.41, 5.74) is -2.21. The second kappa shape index (κ2) is 5.35. The van der Waals surface area contributed by atoms with Crippen molar-refractivity contribution in [1.82, 2.24) is 5.09 Å². The Kier molecular flexibility index (Phi) is 5.52. The van der Waals surface area contributed by atoms with Crippen molar-refractivity contribution in [3.63, 3.8) is 0 Å². The van der Waals surface area contributed by atoms with Gasteiger partial charge in [0.25, 0.3) is 0 Å². The van der Waals surface area contributed by atoms with Gasteiger partial charge in [-0.15, -0.1) is 0 Å². The van der Waals surface area contributed by atoms with Crippen molar-refractivity contribution in [1.29, 1.82) is 0 Å². The molecule has 1 atom stereocenters. The number of carbonyl (C=O) groups is 1. The summed E-state index contributed by atoms with van der Waals surface area (Å²) in [5.74, 6) is 0. The van der Waals surface area contributed by atoms with E-state index in [9.17, 15) is 4.79 Å². The summed E-state index contributed by atoms with van der Waals surface area (Å²) >= 11 is 6.77. The molecule has 0 rings (SSSR count). The van der Waals surface area contributed by atoms with E-state index in [0.717, 1.165) is 0 Å². The molecular weight excluding hydrogens is 225 g/mol. The van der Waals surface area contributed by atoms with E-state index >= 15 is 0 Å². The maximum absolute atomic E-state index is 10.3. The lowest BCUT2D eigenvalue weighted by Gasteiger charge is -2.27.